The molecule has 106 valence electrons. The second kappa shape index (κ2) is 6.87. The summed E-state index contributed by atoms with van der Waals surface area (Å²) >= 11 is 6.12. The van der Waals surface area contributed by atoms with Gasteiger partial charge in [0, 0.05) is 5.02 Å². The molecule has 2 N–H and O–H groups in total. The van der Waals surface area contributed by atoms with Crippen LogP contribution in [0.5, 0.6) is 0 Å². The largest absolute Gasteiger partial charge is 0.330 e. The van der Waals surface area contributed by atoms with Gasteiger partial charge in [0.2, 0.25) is 0 Å². The summed E-state index contributed by atoms with van der Waals surface area (Å²) < 4.78 is 13.3. The highest BCUT2D eigenvalue weighted by Crippen LogP contribution is 2.22. The number of hydrogen-bond donors (Lipinski definition) is 1. The highest BCUT2D eigenvalue weighted by molar-refractivity contribution is 6.31. The molecule has 2 aromatic carbocycles. The molecule has 0 heterocycles. The molecule has 0 saturated heterocycles. The number of benzene rings is 2. The maximum atomic E-state index is 13.3. The summed E-state index contributed by atoms with van der Waals surface area (Å²) in [5.41, 5.74) is 9.18. The van der Waals surface area contributed by atoms with E-state index in [0.717, 1.165) is 12.0 Å². The average Bonchev–Trinajstić information content (AvgIpc) is 2.42. The lowest BCUT2D eigenvalue weighted by Crippen LogP contribution is -2.19. The molecule has 3 heteroatoms. The van der Waals surface area contributed by atoms with Gasteiger partial charge in [-0.1, -0.05) is 41.4 Å². The molecule has 0 fully saturated rings. The molecule has 0 aliphatic carbocycles. The molecular weight excluding hydrogens is 273 g/mol. The van der Waals surface area contributed by atoms with Crippen molar-refractivity contribution in [3.63, 3.8) is 0 Å². The second-order valence-electron chi connectivity index (χ2n) is 5.23. The third-order valence-electron chi connectivity index (χ3n) is 3.46. The fourth-order valence-corrected chi connectivity index (χ4v) is 2.62. The SMILES string of the molecule is Cc1cccc(CC(CN)Cc2cc(F)ccc2Cl)c1. The van der Waals surface area contributed by atoms with Gasteiger partial charge in [-0.15, -0.1) is 0 Å². The van der Waals surface area contributed by atoms with Crippen LogP contribution in [0.15, 0.2) is 42.5 Å². The summed E-state index contributed by atoms with van der Waals surface area (Å²) in [7, 11) is 0. The monoisotopic (exact) mass is 291 g/mol. The van der Waals surface area contributed by atoms with E-state index in [4.69, 9.17) is 17.3 Å². The van der Waals surface area contributed by atoms with Gasteiger partial charge in [0.25, 0.3) is 0 Å². The van der Waals surface area contributed by atoms with Crippen molar-refractivity contribution in [2.24, 2.45) is 11.7 Å². The van der Waals surface area contributed by atoms with Gasteiger partial charge in [-0.3, -0.25) is 0 Å². The van der Waals surface area contributed by atoms with E-state index in [9.17, 15) is 4.39 Å². The Hall–Kier alpha value is -1.38. The molecule has 20 heavy (non-hydrogen) atoms. The van der Waals surface area contributed by atoms with Gasteiger partial charge in [-0.25, -0.2) is 4.39 Å². The first-order chi connectivity index (χ1) is 9.58. The fraction of sp³-hybridized carbons (Fsp3) is 0.294. The quantitative estimate of drug-likeness (QED) is 0.880. The van der Waals surface area contributed by atoms with Gasteiger partial charge in [0.05, 0.1) is 0 Å². The Labute approximate surface area is 124 Å². The van der Waals surface area contributed by atoms with E-state index < -0.39 is 0 Å². The van der Waals surface area contributed by atoms with Gasteiger partial charge in [-0.05, 0) is 61.6 Å². The van der Waals surface area contributed by atoms with Gasteiger partial charge in [0.1, 0.15) is 5.82 Å². The zero-order valence-electron chi connectivity index (χ0n) is 11.6. The molecule has 0 aliphatic heterocycles. The molecule has 2 aromatic rings. The van der Waals surface area contributed by atoms with E-state index in [1.54, 1.807) is 6.07 Å². The minimum Gasteiger partial charge on any atom is -0.330 e. The smallest absolute Gasteiger partial charge is 0.123 e. The van der Waals surface area contributed by atoms with Crippen LogP contribution in [-0.2, 0) is 12.8 Å². The molecule has 0 aliphatic rings. The van der Waals surface area contributed by atoms with E-state index in [0.29, 0.717) is 18.0 Å². The van der Waals surface area contributed by atoms with E-state index in [1.807, 2.05) is 6.07 Å². The summed E-state index contributed by atoms with van der Waals surface area (Å²) in [5.74, 6) is 0.00632. The van der Waals surface area contributed by atoms with E-state index >= 15 is 0 Å². The van der Waals surface area contributed by atoms with Crippen LogP contribution in [0.4, 0.5) is 4.39 Å². The summed E-state index contributed by atoms with van der Waals surface area (Å²) in [6, 6.07) is 12.9. The zero-order chi connectivity index (χ0) is 14.5. The van der Waals surface area contributed by atoms with Gasteiger partial charge >= 0.3 is 0 Å². The Morgan fingerprint density at radius 2 is 1.95 bits per heavy atom. The number of rotatable bonds is 5. The van der Waals surface area contributed by atoms with Crippen molar-refractivity contribution in [1.29, 1.82) is 0 Å². The third-order valence-corrected chi connectivity index (χ3v) is 3.83. The number of halogens is 2. The molecule has 1 atom stereocenters. The van der Waals surface area contributed by atoms with E-state index in [-0.39, 0.29) is 11.7 Å². The Morgan fingerprint density at radius 1 is 1.15 bits per heavy atom. The topological polar surface area (TPSA) is 26.0 Å². The summed E-state index contributed by atoms with van der Waals surface area (Å²) in [4.78, 5) is 0. The lowest BCUT2D eigenvalue weighted by molar-refractivity contribution is 0.530. The Bertz CT molecular complexity index is 583. The number of hydrogen-bond acceptors (Lipinski definition) is 1. The Morgan fingerprint density at radius 3 is 2.65 bits per heavy atom. The van der Waals surface area contributed by atoms with Gasteiger partial charge in [-0.2, -0.15) is 0 Å². The predicted molar refractivity (Wildman–Crippen MR) is 82.5 cm³/mol. The van der Waals surface area contributed by atoms with Gasteiger partial charge in [0.15, 0.2) is 0 Å². The van der Waals surface area contributed by atoms with Crippen molar-refractivity contribution in [3.05, 3.63) is 70.0 Å². The van der Waals surface area contributed by atoms with Gasteiger partial charge < -0.3 is 5.73 Å². The predicted octanol–water partition coefficient (Wildman–Crippen LogP) is 4.15. The van der Waals surface area contributed by atoms with Crippen molar-refractivity contribution >= 4 is 11.6 Å². The second-order valence-corrected chi connectivity index (χ2v) is 5.64. The van der Waals surface area contributed by atoms with Crippen LogP contribution < -0.4 is 5.73 Å². The van der Waals surface area contributed by atoms with Crippen LogP contribution in [0.2, 0.25) is 5.02 Å². The molecule has 0 saturated carbocycles. The molecule has 1 nitrogen and oxygen atoms in total. The molecular formula is C17H19ClFN. The van der Waals surface area contributed by atoms with Crippen LogP contribution >= 0.6 is 11.6 Å². The van der Waals surface area contributed by atoms with Crippen molar-refractivity contribution in [1.82, 2.24) is 0 Å². The maximum absolute atomic E-state index is 13.3. The zero-order valence-corrected chi connectivity index (χ0v) is 12.3. The molecule has 2 rings (SSSR count). The Balaban J connectivity index is 2.11. The van der Waals surface area contributed by atoms with Crippen molar-refractivity contribution < 1.29 is 4.39 Å². The molecule has 0 spiro atoms. The lowest BCUT2D eigenvalue weighted by atomic mass is 9.92. The fourth-order valence-electron chi connectivity index (χ4n) is 2.42. The molecule has 0 bridgehead atoms. The minimum atomic E-state index is -0.254. The third kappa shape index (κ3) is 4.06. The highest BCUT2D eigenvalue weighted by atomic mass is 35.5. The first-order valence-corrected chi connectivity index (χ1v) is 7.16. The van der Waals surface area contributed by atoms with Crippen LogP contribution in [-0.4, -0.2) is 6.54 Å². The lowest BCUT2D eigenvalue weighted by Gasteiger charge is -2.16. The highest BCUT2D eigenvalue weighted by Gasteiger charge is 2.12. The van der Waals surface area contributed by atoms with Crippen LogP contribution in [0.1, 0.15) is 16.7 Å². The molecule has 0 amide bonds. The number of aryl methyl sites for hydroxylation is 1. The summed E-state index contributed by atoms with van der Waals surface area (Å²) in [6.45, 7) is 2.63. The van der Waals surface area contributed by atoms with E-state index in [2.05, 4.69) is 25.1 Å². The standard InChI is InChI=1S/C17H19ClFN/c1-12-3-2-4-13(7-12)8-14(11-20)9-15-10-16(19)5-6-17(15)18/h2-7,10,14H,8-9,11,20H2,1H3. The van der Waals surface area contributed by atoms with Crippen LogP contribution in [0, 0.1) is 18.7 Å². The van der Waals surface area contributed by atoms with E-state index in [1.165, 1.54) is 23.3 Å². The van der Waals surface area contributed by atoms with Crippen LogP contribution in [0.25, 0.3) is 0 Å². The van der Waals surface area contributed by atoms with Crippen molar-refractivity contribution in [2.75, 3.05) is 6.54 Å². The number of nitrogens with two attached hydrogens (primary N) is 1. The summed E-state index contributed by atoms with van der Waals surface area (Å²) in [6.07, 6.45) is 1.58. The minimum absolute atomic E-state index is 0.254. The molecule has 1 unspecified atom stereocenters. The molecule has 0 aromatic heterocycles. The van der Waals surface area contributed by atoms with Crippen molar-refractivity contribution in [3.8, 4) is 0 Å². The maximum Gasteiger partial charge on any atom is 0.123 e. The average molecular weight is 292 g/mol. The molecule has 0 radical (unpaired) electrons. The summed E-state index contributed by atoms with van der Waals surface area (Å²) in [5, 5.41) is 0.606. The normalized spacial score (nSPS) is 12.4. The van der Waals surface area contributed by atoms with Crippen molar-refractivity contribution in [2.45, 2.75) is 19.8 Å². The Kier molecular flexibility index (Phi) is 5.16. The van der Waals surface area contributed by atoms with Crippen LogP contribution in [0.3, 0.4) is 0 Å². The first-order valence-electron chi connectivity index (χ1n) is 6.78. The first kappa shape index (κ1) is 15.0.